The van der Waals surface area contributed by atoms with E-state index in [-0.39, 0.29) is 18.4 Å². The Hall–Kier alpha value is -4.06. The average Bonchev–Trinajstić information content (AvgIpc) is 3.44. The smallest absolute Gasteiger partial charge is 0.260 e. The lowest BCUT2D eigenvalue weighted by atomic mass is 9.94. The van der Waals surface area contributed by atoms with Gasteiger partial charge in [0, 0.05) is 18.8 Å². The SMILES string of the molecule is CCOc1ccccc1NC(=O)C1=C(C)Nc2ncnn2C1c1cc(Br)c(OCC(=O)N2CCCCC2)c(OC)c1. The lowest BCUT2D eigenvalue weighted by Crippen LogP contribution is -2.38. The standard InChI is InChI=1S/C29H33BrN6O5/c1-4-40-22-11-7-6-10-21(22)34-28(38)25-18(2)33-29-31-17-32-36(29)26(25)19-14-20(30)27(23(15-19)39-3)41-16-24(37)35-12-8-5-9-13-35/h6-7,10-11,14-15,17,26H,4-5,8-9,12-13,16H2,1-3H3,(H,34,38)(H,31,32,33). The fraction of sp³-hybridized carbons (Fsp3) is 0.379. The number of nitrogens with one attached hydrogen (secondary N) is 2. The van der Waals surface area contributed by atoms with Gasteiger partial charge in [0.2, 0.25) is 5.95 Å². The van der Waals surface area contributed by atoms with Crippen LogP contribution in [0.3, 0.4) is 0 Å². The van der Waals surface area contributed by atoms with E-state index < -0.39 is 6.04 Å². The third-order valence-corrected chi connectivity index (χ3v) is 7.68. The Morgan fingerprint density at radius 3 is 2.66 bits per heavy atom. The summed E-state index contributed by atoms with van der Waals surface area (Å²) in [6, 6.07) is 10.3. The van der Waals surface area contributed by atoms with Crippen LogP contribution in [0.1, 0.15) is 44.7 Å². The summed E-state index contributed by atoms with van der Waals surface area (Å²) in [5.41, 5.74) is 2.34. The predicted octanol–water partition coefficient (Wildman–Crippen LogP) is 4.77. The quantitative estimate of drug-likeness (QED) is 0.349. The normalized spacial score (nSPS) is 16.5. The molecule has 41 heavy (non-hydrogen) atoms. The summed E-state index contributed by atoms with van der Waals surface area (Å²) in [5.74, 6) is 1.52. The van der Waals surface area contributed by atoms with Crippen LogP contribution >= 0.6 is 15.9 Å². The van der Waals surface area contributed by atoms with Crippen molar-refractivity contribution in [1.29, 1.82) is 0 Å². The van der Waals surface area contributed by atoms with E-state index in [0.717, 1.165) is 32.4 Å². The van der Waals surface area contributed by atoms with E-state index in [1.165, 1.54) is 13.4 Å². The number of nitrogens with zero attached hydrogens (tertiary/aromatic N) is 4. The van der Waals surface area contributed by atoms with Gasteiger partial charge in [0.15, 0.2) is 18.1 Å². The van der Waals surface area contributed by atoms with Crippen LogP contribution in [0.4, 0.5) is 11.6 Å². The van der Waals surface area contributed by atoms with Gasteiger partial charge in [-0.15, -0.1) is 0 Å². The Morgan fingerprint density at radius 2 is 1.90 bits per heavy atom. The number of benzene rings is 2. The van der Waals surface area contributed by atoms with Gasteiger partial charge in [-0.05, 0) is 78.9 Å². The topological polar surface area (TPSA) is 120 Å². The van der Waals surface area contributed by atoms with E-state index in [4.69, 9.17) is 14.2 Å². The van der Waals surface area contributed by atoms with E-state index >= 15 is 0 Å². The van der Waals surface area contributed by atoms with Crippen LogP contribution < -0.4 is 24.8 Å². The molecule has 2 N–H and O–H groups in total. The van der Waals surface area contributed by atoms with Gasteiger partial charge in [0.1, 0.15) is 18.1 Å². The molecule has 1 fully saturated rings. The van der Waals surface area contributed by atoms with Crippen LogP contribution in [-0.4, -0.2) is 64.9 Å². The Labute approximate surface area is 247 Å². The number of allylic oxidation sites excluding steroid dienone is 1. The van der Waals surface area contributed by atoms with Crippen molar-refractivity contribution in [3.8, 4) is 17.2 Å². The van der Waals surface area contributed by atoms with Gasteiger partial charge in [0.25, 0.3) is 11.8 Å². The minimum absolute atomic E-state index is 0.0572. The number of fused-ring (bicyclic) bond motifs is 1. The summed E-state index contributed by atoms with van der Waals surface area (Å²) in [7, 11) is 1.54. The van der Waals surface area contributed by atoms with Crippen LogP contribution in [0.5, 0.6) is 17.2 Å². The number of halogens is 1. The first kappa shape index (κ1) is 28.5. The molecule has 1 atom stereocenters. The van der Waals surface area contributed by atoms with E-state index in [9.17, 15) is 9.59 Å². The zero-order valence-corrected chi connectivity index (χ0v) is 24.9. The highest BCUT2D eigenvalue weighted by Gasteiger charge is 2.35. The lowest BCUT2D eigenvalue weighted by molar-refractivity contribution is -0.134. The zero-order chi connectivity index (χ0) is 28.9. The molecule has 3 aromatic rings. The molecule has 11 nitrogen and oxygen atoms in total. The molecule has 0 aliphatic carbocycles. The molecule has 12 heteroatoms. The maximum absolute atomic E-state index is 13.8. The van der Waals surface area contributed by atoms with Gasteiger partial charge < -0.3 is 29.7 Å². The molecule has 1 saturated heterocycles. The summed E-state index contributed by atoms with van der Waals surface area (Å²) in [6.45, 7) is 5.58. The number of hydrogen-bond donors (Lipinski definition) is 2. The Morgan fingerprint density at radius 1 is 1.12 bits per heavy atom. The third-order valence-electron chi connectivity index (χ3n) is 7.09. The molecule has 0 spiro atoms. The molecule has 0 radical (unpaired) electrons. The number of para-hydroxylation sites is 2. The highest BCUT2D eigenvalue weighted by Crippen LogP contribution is 2.43. The second-order valence-corrected chi connectivity index (χ2v) is 10.6. The van der Waals surface area contributed by atoms with Crippen LogP contribution in [0, 0.1) is 0 Å². The fourth-order valence-corrected chi connectivity index (χ4v) is 5.71. The predicted molar refractivity (Wildman–Crippen MR) is 157 cm³/mol. The highest BCUT2D eigenvalue weighted by atomic mass is 79.9. The van der Waals surface area contributed by atoms with Crippen molar-refractivity contribution in [2.45, 2.75) is 39.2 Å². The molecule has 2 amide bonds. The Balaban J connectivity index is 1.46. The first-order valence-corrected chi connectivity index (χ1v) is 14.4. The number of rotatable bonds is 9. The van der Waals surface area contributed by atoms with E-state index in [1.807, 2.05) is 43.0 Å². The molecule has 1 unspecified atom stereocenters. The monoisotopic (exact) mass is 624 g/mol. The maximum Gasteiger partial charge on any atom is 0.260 e. The van der Waals surface area contributed by atoms with Crippen molar-refractivity contribution >= 4 is 39.4 Å². The van der Waals surface area contributed by atoms with Crippen LogP contribution in [-0.2, 0) is 9.59 Å². The molecule has 0 saturated carbocycles. The number of hydrogen-bond acceptors (Lipinski definition) is 8. The minimum atomic E-state index is -0.637. The molecule has 2 aliphatic rings. The number of carbonyl (C=O) groups is 2. The summed E-state index contributed by atoms with van der Waals surface area (Å²) in [5, 5.41) is 10.6. The highest BCUT2D eigenvalue weighted by molar-refractivity contribution is 9.10. The molecule has 0 bridgehead atoms. The molecule has 2 aromatic carbocycles. The number of anilines is 2. The van der Waals surface area contributed by atoms with Crippen molar-refractivity contribution in [3.63, 3.8) is 0 Å². The van der Waals surface area contributed by atoms with E-state index in [1.54, 1.807) is 16.8 Å². The first-order valence-electron chi connectivity index (χ1n) is 13.6. The van der Waals surface area contributed by atoms with Gasteiger partial charge in [-0.3, -0.25) is 9.59 Å². The number of piperidine rings is 1. The Bertz CT molecular complexity index is 1470. The van der Waals surface area contributed by atoms with Crippen molar-refractivity contribution in [1.82, 2.24) is 19.7 Å². The number of carbonyl (C=O) groups excluding carboxylic acids is 2. The molecule has 5 rings (SSSR count). The van der Waals surface area contributed by atoms with Crippen molar-refractivity contribution in [2.75, 3.05) is 44.0 Å². The molecular weight excluding hydrogens is 592 g/mol. The number of amides is 2. The van der Waals surface area contributed by atoms with Crippen molar-refractivity contribution in [2.24, 2.45) is 0 Å². The van der Waals surface area contributed by atoms with Crippen LogP contribution in [0.2, 0.25) is 0 Å². The maximum atomic E-state index is 13.8. The second-order valence-electron chi connectivity index (χ2n) is 9.74. The average molecular weight is 626 g/mol. The number of likely N-dealkylation sites (tertiary alicyclic amines) is 1. The van der Waals surface area contributed by atoms with Gasteiger partial charge in [-0.1, -0.05) is 12.1 Å². The molecule has 3 heterocycles. The van der Waals surface area contributed by atoms with Gasteiger partial charge in [-0.25, -0.2) is 4.68 Å². The van der Waals surface area contributed by atoms with Gasteiger partial charge in [0.05, 0.1) is 29.4 Å². The van der Waals surface area contributed by atoms with Crippen LogP contribution in [0.25, 0.3) is 0 Å². The zero-order valence-electron chi connectivity index (χ0n) is 23.3. The molecule has 1 aromatic heterocycles. The fourth-order valence-electron chi connectivity index (χ4n) is 5.14. The van der Waals surface area contributed by atoms with Gasteiger partial charge >= 0.3 is 0 Å². The second kappa shape index (κ2) is 12.6. The summed E-state index contributed by atoms with van der Waals surface area (Å²) < 4.78 is 19.6. The van der Waals surface area contributed by atoms with E-state index in [2.05, 4.69) is 36.6 Å². The van der Waals surface area contributed by atoms with Crippen LogP contribution in [0.15, 0.2) is 58.5 Å². The number of aromatic nitrogens is 3. The molecular formula is C29H33BrN6O5. The minimum Gasteiger partial charge on any atom is -0.493 e. The summed E-state index contributed by atoms with van der Waals surface area (Å²) >= 11 is 3.61. The lowest BCUT2D eigenvalue weighted by Gasteiger charge is -2.29. The molecule has 216 valence electrons. The number of ether oxygens (including phenoxy) is 3. The van der Waals surface area contributed by atoms with Crippen molar-refractivity contribution < 1.29 is 23.8 Å². The molecule has 2 aliphatic heterocycles. The van der Waals surface area contributed by atoms with Crippen molar-refractivity contribution in [3.05, 3.63) is 64.0 Å². The van der Waals surface area contributed by atoms with Gasteiger partial charge in [-0.2, -0.15) is 10.1 Å². The third kappa shape index (κ3) is 6.02. The van der Waals surface area contributed by atoms with E-state index in [0.29, 0.717) is 56.8 Å². The Kier molecular flexibility index (Phi) is 8.77. The summed E-state index contributed by atoms with van der Waals surface area (Å²) in [6.07, 6.45) is 4.59. The largest absolute Gasteiger partial charge is 0.493 e. The first-order chi connectivity index (χ1) is 19.9. The summed E-state index contributed by atoms with van der Waals surface area (Å²) in [4.78, 5) is 32.7. The number of methoxy groups -OCH3 is 1.